The molecule has 1 spiro atoms. The number of carbonyl (C=O) groups excluding carboxylic acids is 4. The van der Waals surface area contributed by atoms with Gasteiger partial charge in [0, 0.05) is 76.1 Å². The van der Waals surface area contributed by atoms with Crippen LogP contribution in [-0.2, 0) is 20.9 Å². The first-order valence-electron chi connectivity index (χ1n) is 19.7. The van der Waals surface area contributed by atoms with Crippen LogP contribution in [0.25, 0.3) is 0 Å². The molecule has 14 nitrogen and oxygen atoms in total. The number of piperidine rings is 2. The Morgan fingerprint density at radius 2 is 1.61 bits per heavy atom. The lowest BCUT2D eigenvalue weighted by atomic mass is 9.86. The molecule has 4 amide bonds. The summed E-state index contributed by atoms with van der Waals surface area (Å²) in [6.45, 7) is 6.95. The number of fused-ring (bicyclic) bond motifs is 1. The van der Waals surface area contributed by atoms with E-state index < -0.39 is 11.6 Å². The van der Waals surface area contributed by atoms with Gasteiger partial charge in [0.05, 0.1) is 16.7 Å². The van der Waals surface area contributed by atoms with Gasteiger partial charge in [0.25, 0.3) is 11.8 Å². The Hall–Kier alpha value is -5.26. The average Bonchev–Trinajstić information content (AvgIpc) is 3.63. The molecule has 6 aliphatic rings. The van der Waals surface area contributed by atoms with E-state index in [9.17, 15) is 19.2 Å². The fourth-order valence-electron chi connectivity index (χ4n) is 9.34. The number of halogens is 1. The van der Waals surface area contributed by atoms with Crippen molar-refractivity contribution in [2.75, 3.05) is 60.5 Å². The monoisotopic (exact) mass is 777 g/mol. The number of hydrogen-bond acceptors (Lipinski definition) is 11. The minimum absolute atomic E-state index is 0.0210. The molecule has 56 heavy (non-hydrogen) atoms. The maximum atomic E-state index is 13.3. The molecule has 1 aromatic heterocycles. The van der Waals surface area contributed by atoms with Gasteiger partial charge in [0.1, 0.15) is 23.4 Å². The zero-order valence-electron chi connectivity index (χ0n) is 31.2. The predicted molar refractivity (Wildman–Crippen MR) is 207 cm³/mol. The lowest BCUT2D eigenvalue weighted by molar-refractivity contribution is -0.137. The minimum atomic E-state index is -0.603. The van der Waals surface area contributed by atoms with E-state index in [0.717, 1.165) is 88.6 Å². The second-order valence-electron chi connectivity index (χ2n) is 16.0. The fraction of sp³-hybridized carbons (Fsp3) is 0.488. The normalized spacial score (nSPS) is 25.7. The summed E-state index contributed by atoms with van der Waals surface area (Å²) < 4.78 is 6.14. The van der Waals surface area contributed by atoms with Gasteiger partial charge >= 0.3 is 0 Å². The number of benzene rings is 2. The topological polar surface area (TPSA) is 155 Å². The van der Waals surface area contributed by atoms with Crippen LogP contribution in [0.3, 0.4) is 0 Å². The molecule has 290 valence electrons. The Labute approximate surface area is 330 Å². The SMILES string of the molecule is N#Cc1ccc(OC2CCC3(CC2)C(=O)N3c2ccc(N3CCC(CN4CCN(c5ccc6c(c5)C(=O)N(C5CCC(=O)NC5=O)C6)CC4)CC3)nn2)cc1Cl. The molecule has 6 heterocycles. The number of piperazine rings is 1. The molecule has 15 heteroatoms. The highest BCUT2D eigenvalue weighted by molar-refractivity contribution is 6.31. The van der Waals surface area contributed by atoms with Crippen LogP contribution in [0.4, 0.5) is 17.3 Å². The highest BCUT2D eigenvalue weighted by Gasteiger charge is 2.64. The first-order valence-corrected chi connectivity index (χ1v) is 20.1. The fourth-order valence-corrected chi connectivity index (χ4v) is 9.55. The molecular formula is C41H44ClN9O5. The van der Waals surface area contributed by atoms with Crippen molar-refractivity contribution in [3.8, 4) is 11.8 Å². The Morgan fingerprint density at radius 3 is 2.30 bits per heavy atom. The number of rotatable bonds is 8. The van der Waals surface area contributed by atoms with Gasteiger partial charge in [-0.3, -0.25) is 34.3 Å². The van der Waals surface area contributed by atoms with Crippen LogP contribution < -0.4 is 24.8 Å². The van der Waals surface area contributed by atoms with Gasteiger partial charge in [0.15, 0.2) is 11.6 Å². The zero-order chi connectivity index (χ0) is 38.6. The highest BCUT2D eigenvalue weighted by Crippen LogP contribution is 2.49. The maximum absolute atomic E-state index is 13.3. The highest BCUT2D eigenvalue weighted by atomic mass is 35.5. The predicted octanol–water partition coefficient (Wildman–Crippen LogP) is 3.91. The van der Waals surface area contributed by atoms with Crippen molar-refractivity contribution in [3.05, 3.63) is 70.2 Å². The number of hydrogen-bond donors (Lipinski definition) is 1. The number of nitrogens with one attached hydrogen (secondary N) is 1. The van der Waals surface area contributed by atoms with Gasteiger partial charge in [0.2, 0.25) is 11.8 Å². The van der Waals surface area contributed by atoms with Crippen molar-refractivity contribution < 1.29 is 23.9 Å². The number of nitriles is 1. The molecule has 2 aromatic carbocycles. The lowest BCUT2D eigenvalue weighted by Crippen LogP contribution is -2.52. The summed E-state index contributed by atoms with van der Waals surface area (Å²) in [6, 6.07) is 16.5. The van der Waals surface area contributed by atoms with E-state index >= 15 is 0 Å². The van der Waals surface area contributed by atoms with Crippen LogP contribution in [0.5, 0.6) is 5.75 Å². The third kappa shape index (κ3) is 6.81. The second-order valence-corrected chi connectivity index (χ2v) is 16.4. The van der Waals surface area contributed by atoms with Gasteiger partial charge < -0.3 is 19.4 Å². The van der Waals surface area contributed by atoms with E-state index in [0.29, 0.717) is 59.4 Å². The van der Waals surface area contributed by atoms with Crippen molar-refractivity contribution in [1.82, 2.24) is 25.3 Å². The number of imide groups is 1. The summed E-state index contributed by atoms with van der Waals surface area (Å²) in [5, 5.41) is 20.9. The molecule has 1 atom stereocenters. The second kappa shape index (κ2) is 14.7. The van der Waals surface area contributed by atoms with Crippen molar-refractivity contribution in [1.29, 1.82) is 5.26 Å². The van der Waals surface area contributed by atoms with Crippen LogP contribution in [0.1, 0.15) is 72.9 Å². The van der Waals surface area contributed by atoms with Crippen molar-refractivity contribution in [2.24, 2.45) is 5.92 Å². The number of amides is 4. The summed E-state index contributed by atoms with van der Waals surface area (Å²) in [4.78, 5) is 61.1. The quantitative estimate of drug-likeness (QED) is 0.262. The summed E-state index contributed by atoms with van der Waals surface area (Å²) in [7, 11) is 0. The Balaban J connectivity index is 0.716. The van der Waals surface area contributed by atoms with Crippen LogP contribution >= 0.6 is 11.6 Å². The third-order valence-electron chi connectivity index (χ3n) is 12.7. The molecule has 0 bridgehead atoms. The van der Waals surface area contributed by atoms with E-state index in [1.807, 2.05) is 24.3 Å². The molecular weight excluding hydrogens is 734 g/mol. The number of aromatic nitrogens is 2. The van der Waals surface area contributed by atoms with Crippen molar-refractivity contribution in [3.63, 3.8) is 0 Å². The van der Waals surface area contributed by atoms with Crippen molar-refractivity contribution in [2.45, 2.75) is 75.6 Å². The number of anilines is 3. The van der Waals surface area contributed by atoms with Gasteiger partial charge in [-0.2, -0.15) is 5.26 Å². The van der Waals surface area contributed by atoms with Gasteiger partial charge in [-0.05, 0) is 92.8 Å². The lowest BCUT2D eigenvalue weighted by Gasteiger charge is -2.39. The van der Waals surface area contributed by atoms with E-state index in [1.165, 1.54) is 0 Å². The summed E-state index contributed by atoms with van der Waals surface area (Å²) >= 11 is 6.18. The molecule has 3 aromatic rings. The van der Waals surface area contributed by atoms with Gasteiger partial charge in [-0.15, -0.1) is 10.2 Å². The van der Waals surface area contributed by atoms with E-state index in [4.69, 9.17) is 21.6 Å². The van der Waals surface area contributed by atoms with E-state index in [2.05, 4.69) is 42.3 Å². The van der Waals surface area contributed by atoms with Crippen LogP contribution in [0.15, 0.2) is 48.5 Å². The Bertz CT molecular complexity index is 2100. The zero-order valence-corrected chi connectivity index (χ0v) is 31.9. The molecule has 5 fully saturated rings. The molecule has 1 N–H and O–H groups in total. The van der Waals surface area contributed by atoms with E-state index in [1.54, 1.807) is 28.0 Å². The number of nitrogens with zero attached hydrogens (tertiary/aromatic N) is 8. The standard InChI is InChI=1S/C41H44ClN9O5/c42-33-22-31(4-2-27(33)23-43)56-30-9-13-41(14-10-30)40(55)51(41)36-7-6-35(45-46-36)49-15-11-26(12-16-49)24-47-17-19-48(20-18-47)29-3-1-28-25-50(39(54)32(28)21-29)34-5-8-37(52)44-38(34)53/h1-4,6-7,21-22,26,30,34H,5,8-20,24-25H2,(H,44,52,53). The molecule has 4 saturated heterocycles. The van der Waals surface area contributed by atoms with Crippen LogP contribution in [-0.4, -0.2) is 107 Å². The first kappa shape index (κ1) is 36.4. The molecule has 1 unspecified atom stereocenters. The van der Waals surface area contributed by atoms with Crippen LogP contribution in [0.2, 0.25) is 5.02 Å². The molecule has 1 saturated carbocycles. The Kier molecular flexibility index (Phi) is 9.53. The van der Waals surface area contributed by atoms with Gasteiger partial charge in [-0.1, -0.05) is 17.7 Å². The van der Waals surface area contributed by atoms with Crippen molar-refractivity contribution >= 4 is 52.6 Å². The van der Waals surface area contributed by atoms with E-state index in [-0.39, 0.29) is 36.2 Å². The number of ether oxygens (including phenoxy) is 1. The summed E-state index contributed by atoms with van der Waals surface area (Å²) in [6.07, 6.45) is 5.59. The van der Waals surface area contributed by atoms with Gasteiger partial charge in [-0.25, -0.2) is 0 Å². The Morgan fingerprint density at radius 1 is 0.857 bits per heavy atom. The number of carbonyl (C=O) groups is 4. The average molecular weight is 778 g/mol. The first-order chi connectivity index (χ1) is 27.2. The maximum Gasteiger partial charge on any atom is 0.255 e. The summed E-state index contributed by atoms with van der Waals surface area (Å²) in [5.41, 5.74) is 2.50. The minimum Gasteiger partial charge on any atom is -0.490 e. The molecule has 0 radical (unpaired) electrons. The van der Waals surface area contributed by atoms with Crippen LogP contribution in [0, 0.1) is 17.2 Å². The molecule has 5 aliphatic heterocycles. The molecule has 9 rings (SSSR count). The smallest absolute Gasteiger partial charge is 0.255 e. The largest absolute Gasteiger partial charge is 0.490 e. The summed E-state index contributed by atoms with van der Waals surface area (Å²) in [5.74, 6) is 1.97. The third-order valence-corrected chi connectivity index (χ3v) is 13.0. The molecule has 1 aliphatic carbocycles.